The lowest BCUT2D eigenvalue weighted by Gasteiger charge is -2.08. The summed E-state index contributed by atoms with van der Waals surface area (Å²) in [5.41, 5.74) is 1.60. The van der Waals surface area contributed by atoms with Crippen LogP contribution in [0.2, 0.25) is 15.1 Å². The molecule has 0 unspecified atom stereocenters. The Morgan fingerprint density at radius 3 is 2.11 bits per heavy atom. The topological polar surface area (TPSA) is 46.2 Å². The molecule has 0 bridgehead atoms. The number of carbonyl (C=O) groups excluding carboxylic acids is 2. The molecule has 0 heterocycles. The Bertz CT molecular complexity index is 1010. The normalized spacial score (nSPS) is 10.5. The minimum Gasteiger partial charge on any atom is -0.322 e. The zero-order valence-electron chi connectivity index (χ0n) is 14.4. The van der Waals surface area contributed by atoms with Gasteiger partial charge in [-0.3, -0.25) is 9.59 Å². The number of carbonyl (C=O) groups is 2. The lowest BCUT2D eigenvalue weighted by molar-refractivity contribution is 0.101. The van der Waals surface area contributed by atoms with Crippen LogP contribution in [-0.4, -0.2) is 17.4 Å². The van der Waals surface area contributed by atoms with Gasteiger partial charge in [-0.05, 0) is 66.7 Å². The molecule has 3 nitrogen and oxygen atoms in total. The minimum atomic E-state index is -0.319. The summed E-state index contributed by atoms with van der Waals surface area (Å²) in [6.07, 6.45) is 0. The average Bonchev–Trinajstić information content (AvgIpc) is 2.67. The van der Waals surface area contributed by atoms with E-state index in [4.69, 9.17) is 34.8 Å². The monoisotopic (exact) mass is 449 g/mol. The summed E-state index contributed by atoms with van der Waals surface area (Å²) in [6, 6.07) is 18.8. The third-order valence-corrected chi connectivity index (χ3v) is 5.64. The highest BCUT2D eigenvalue weighted by atomic mass is 35.5. The third-order valence-electron chi connectivity index (χ3n) is 3.82. The van der Waals surface area contributed by atoms with E-state index in [1.807, 2.05) is 12.1 Å². The quantitative estimate of drug-likeness (QED) is 0.329. The number of hydrogen-bond acceptors (Lipinski definition) is 3. The molecule has 3 rings (SSSR count). The third kappa shape index (κ3) is 5.52. The predicted octanol–water partition coefficient (Wildman–Crippen LogP) is 6.87. The van der Waals surface area contributed by atoms with E-state index in [0.29, 0.717) is 32.6 Å². The number of anilines is 1. The Morgan fingerprint density at radius 2 is 1.46 bits per heavy atom. The maximum atomic E-state index is 12.3. The van der Waals surface area contributed by atoms with Crippen molar-refractivity contribution < 1.29 is 9.59 Å². The number of thioether (sulfide) groups is 1. The molecule has 0 saturated heterocycles. The molecule has 1 amide bonds. The van der Waals surface area contributed by atoms with Gasteiger partial charge in [0.15, 0.2) is 5.78 Å². The molecule has 1 N–H and O–H groups in total. The standard InChI is InChI=1S/C21H14Cl3NO2S/c22-14-3-1-13(2-4-14)20(26)12-28-17-8-6-16(7-9-17)25-21(27)18-10-5-15(23)11-19(18)24/h1-11H,12H2,(H,25,27). The van der Waals surface area contributed by atoms with E-state index < -0.39 is 0 Å². The zero-order chi connectivity index (χ0) is 20.1. The summed E-state index contributed by atoms with van der Waals surface area (Å²) in [5, 5.41) is 4.14. The van der Waals surface area contributed by atoms with Crippen molar-refractivity contribution in [2.24, 2.45) is 0 Å². The van der Waals surface area contributed by atoms with Crippen LogP contribution in [0, 0.1) is 0 Å². The molecule has 3 aromatic rings. The largest absolute Gasteiger partial charge is 0.322 e. The van der Waals surface area contributed by atoms with Crippen LogP contribution in [0.1, 0.15) is 20.7 Å². The first-order valence-electron chi connectivity index (χ1n) is 8.20. The van der Waals surface area contributed by atoms with Gasteiger partial charge in [-0.1, -0.05) is 34.8 Å². The molecule has 0 spiro atoms. The fourth-order valence-corrected chi connectivity index (χ4v) is 3.79. The zero-order valence-corrected chi connectivity index (χ0v) is 17.5. The van der Waals surface area contributed by atoms with Gasteiger partial charge in [0.2, 0.25) is 0 Å². The number of Topliss-reactive ketones (excluding diaryl/α,β-unsaturated/α-hetero) is 1. The Morgan fingerprint density at radius 1 is 0.821 bits per heavy atom. The summed E-state index contributed by atoms with van der Waals surface area (Å²) in [6.45, 7) is 0. The Labute approximate surface area is 182 Å². The van der Waals surface area contributed by atoms with Crippen molar-refractivity contribution in [2.45, 2.75) is 4.90 Å². The maximum Gasteiger partial charge on any atom is 0.257 e. The van der Waals surface area contributed by atoms with Gasteiger partial charge in [-0.25, -0.2) is 0 Å². The minimum absolute atomic E-state index is 0.0245. The van der Waals surface area contributed by atoms with Gasteiger partial charge in [0, 0.05) is 26.2 Å². The molecule has 0 aliphatic heterocycles. The Kier molecular flexibility index (Phi) is 7.03. The second-order valence-corrected chi connectivity index (χ2v) is 8.15. The smallest absolute Gasteiger partial charge is 0.257 e. The highest BCUT2D eigenvalue weighted by Crippen LogP contribution is 2.24. The molecule has 0 aromatic heterocycles. The first kappa shape index (κ1) is 20.7. The number of benzene rings is 3. The van der Waals surface area contributed by atoms with Crippen molar-refractivity contribution in [2.75, 3.05) is 11.1 Å². The van der Waals surface area contributed by atoms with Gasteiger partial charge >= 0.3 is 0 Å². The first-order valence-corrected chi connectivity index (χ1v) is 10.3. The van der Waals surface area contributed by atoms with Gasteiger partial charge in [-0.15, -0.1) is 11.8 Å². The highest BCUT2D eigenvalue weighted by Gasteiger charge is 2.11. The van der Waals surface area contributed by atoms with E-state index in [9.17, 15) is 9.59 Å². The number of nitrogens with one attached hydrogen (secondary N) is 1. The van der Waals surface area contributed by atoms with Crippen LogP contribution in [0.5, 0.6) is 0 Å². The molecule has 0 aliphatic carbocycles. The summed E-state index contributed by atoms with van der Waals surface area (Å²) in [4.78, 5) is 25.5. The molecular weight excluding hydrogens is 437 g/mol. The molecule has 142 valence electrons. The van der Waals surface area contributed by atoms with Crippen molar-refractivity contribution in [3.05, 3.63) is 92.9 Å². The van der Waals surface area contributed by atoms with Gasteiger partial charge in [0.05, 0.1) is 16.3 Å². The molecule has 0 saturated carbocycles. The SMILES string of the molecule is O=C(CSc1ccc(NC(=O)c2ccc(Cl)cc2Cl)cc1)c1ccc(Cl)cc1. The first-order chi connectivity index (χ1) is 13.4. The molecule has 0 aliphatic rings. The Hall–Kier alpha value is -1.98. The van der Waals surface area contributed by atoms with Crippen molar-refractivity contribution >= 4 is 63.9 Å². The number of rotatable bonds is 6. The van der Waals surface area contributed by atoms with Crippen LogP contribution in [0.15, 0.2) is 71.6 Å². The van der Waals surface area contributed by atoms with Crippen molar-refractivity contribution in [1.29, 1.82) is 0 Å². The summed E-state index contributed by atoms with van der Waals surface area (Å²) in [5.74, 6) is 0.0182. The van der Waals surface area contributed by atoms with Gasteiger partial charge in [-0.2, -0.15) is 0 Å². The van der Waals surface area contributed by atoms with Crippen LogP contribution in [0.3, 0.4) is 0 Å². The van der Waals surface area contributed by atoms with Crippen molar-refractivity contribution in [3.8, 4) is 0 Å². The van der Waals surface area contributed by atoms with Crippen LogP contribution in [-0.2, 0) is 0 Å². The molecule has 0 fully saturated rings. The number of halogens is 3. The number of ketones is 1. The van der Waals surface area contributed by atoms with E-state index >= 15 is 0 Å². The molecular formula is C21H14Cl3NO2S. The van der Waals surface area contributed by atoms with E-state index in [2.05, 4.69) is 5.32 Å². The second kappa shape index (κ2) is 9.48. The Balaban J connectivity index is 1.58. The van der Waals surface area contributed by atoms with E-state index in [1.165, 1.54) is 17.8 Å². The highest BCUT2D eigenvalue weighted by molar-refractivity contribution is 8.00. The van der Waals surface area contributed by atoms with E-state index in [1.54, 1.807) is 48.5 Å². The number of hydrogen-bond donors (Lipinski definition) is 1. The average molecular weight is 451 g/mol. The van der Waals surface area contributed by atoms with Crippen molar-refractivity contribution in [1.82, 2.24) is 0 Å². The fourth-order valence-electron chi connectivity index (χ4n) is 2.37. The number of amides is 1. The fraction of sp³-hybridized carbons (Fsp3) is 0.0476. The summed E-state index contributed by atoms with van der Waals surface area (Å²) in [7, 11) is 0. The molecule has 28 heavy (non-hydrogen) atoms. The molecule has 0 radical (unpaired) electrons. The second-order valence-electron chi connectivity index (χ2n) is 5.82. The van der Waals surface area contributed by atoms with Crippen molar-refractivity contribution in [3.63, 3.8) is 0 Å². The lowest BCUT2D eigenvalue weighted by Crippen LogP contribution is -2.12. The van der Waals surface area contributed by atoms with Crippen LogP contribution < -0.4 is 5.32 Å². The summed E-state index contributed by atoms with van der Waals surface area (Å²) < 4.78 is 0. The van der Waals surface area contributed by atoms with E-state index in [-0.39, 0.29) is 16.7 Å². The molecule has 7 heteroatoms. The lowest BCUT2D eigenvalue weighted by atomic mass is 10.1. The molecule has 0 atom stereocenters. The van der Waals surface area contributed by atoms with Gasteiger partial charge in [0.25, 0.3) is 5.91 Å². The van der Waals surface area contributed by atoms with Crippen LogP contribution >= 0.6 is 46.6 Å². The predicted molar refractivity (Wildman–Crippen MR) is 117 cm³/mol. The maximum absolute atomic E-state index is 12.3. The molecule has 3 aromatic carbocycles. The van der Waals surface area contributed by atoms with Crippen LogP contribution in [0.25, 0.3) is 0 Å². The summed E-state index contributed by atoms with van der Waals surface area (Å²) >= 11 is 19.2. The van der Waals surface area contributed by atoms with E-state index in [0.717, 1.165) is 4.90 Å². The van der Waals surface area contributed by atoms with Gasteiger partial charge < -0.3 is 5.32 Å². The van der Waals surface area contributed by atoms with Gasteiger partial charge in [0.1, 0.15) is 0 Å². The van der Waals surface area contributed by atoms with Crippen LogP contribution in [0.4, 0.5) is 5.69 Å².